The summed E-state index contributed by atoms with van der Waals surface area (Å²) in [6, 6.07) is 8.90. The SMILES string of the molecule is COc1cc2oc3c(c2cc1/C(C)=C/C(=O)Nc1cc(Cl)cc(Cl)c1)CCCC3. The van der Waals surface area contributed by atoms with Gasteiger partial charge in [-0.05, 0) is 56.0 Å². The molecule has 0 aliphatic heterocycles. The normalized spacial score (nSPS) is 14.0. The Kier molecular flexibility index (Phi) is 5.57. The Bertz CT molecular complexity index is 1110. The lowest BCUT2D eigenvalue weighted by Gasteiger charge is -2.11. The second kappa shape index (κ2) is 8.13. The molecule has 1 N–H and O–H groups in total. The maximum atomic E-state index is 12.5. The standard InChI is InChI=1S/C23H21Cl2NO3/c1-13(7-23(27)26-16-9-14(24)8-15(25)10-16)18-11-19-17-5-3-4-6-20(17)29-22(19)12-21(18)28-2/h7-12H,3-6H2,1-2H3,(H,26,27)/b13-7+. The van der Waals surface area contributed by atoms with Crippen molar-refractivity contribution in [2.45, 2.75) is 32.6 Å². The van der Waals surface area contributed by atoms with Gasteiger partial charge in [-0.15, -0.1) is 0 Å². The molecule has 2 aromatic carbocycles. The second-order valence-corrected chi connectivity index (χ2v) is 8.11. The molecule has 1 amide bonds. The summed E-state index contributed by atoms with van der Waals surface area (Å²) < 4.78 is 11.6. The summed E-state index contributed by atoms with van der Waals surface area (Å²) in [4.78, 5) is 12.5. The van der Waals surface area contributed by atoms with Crippen LogP contribution in [0.15, 0.2) is 40.8 Å². The molecule has 0 bridgehead atoms. The van der Waals surface area contributed by atoms with Crippen LogP contribution >= 0.6 is 23.2 Å². The summed E-state index contributed by atoms with van der Waals surface area (Å²) >= 11 is 12.0. The molecular formula is C23H21Cl2NO3. The van der Waals surface area contributed by atoms with Crippen LogP contribution in [-0.2, 0) is 17.6 Å². The van der Waals surface area contributed by atoms with Crippen molar-refractivity contribution in [2.75, 3.05) is 12.4 Å². The van der Waals surface area contributed by atoms with Gasteiger partial charge in [0.25, 0.3) is 0 Å². The molecule has 4 rings (SSSR count). The van der Waals surface area contributed by atoms with Crippen LogP contribution in [0.25, 0.3) is 16.5 Å². The predicted molar refractivity (Wildman–Crippen MR) is 118 cm³/mol. The predicted octanol–water partition coefficient (Wildman–Crippen LogP) is 6.67. The van der Waals surface area contributed by atoms with Crippen molar-refractivity contribution >= 4 is 51.3 Å². The van der Waals surface area contributed by atoms with E-state index in [2.05, 4.69) is 11.4 Å². The van der Waals surface area contributed by atoms with Crippen LogP contribution in [0.3, 0.4) is 0 Å². The van der Waals surface area contributed by atoms with Gasteiger partial charge >= 0.3 is 0 Å². The summed E-state index contributed by atoms with van der Waals surface area (Å²) in [7, 11) is 1.62. The number of aryl methyl sites for hydroxylation is 2. The largest absolute Gasteiger partial charge is 0.496 e. The van der Waals surface area contributed by atoms with Crippen molar-refractivity contribution in [1.82, 2.24) is 0 Å². The number of amides is 1. The van der Waals surface area contributed by atoms with Crippen LogP contribution in [0, 0.1) is 0 Å². The summed E-state index contributed by atoms with van der Waals surface area (Å²) in [6.07, 6.45) is 5.87. The van der Waals surface area contributed by atoms with Crippen molar-refractivity contribution in [3.05, 3.63) is 63.3 Å². The van der Waals surface area contributed by atoms with Gasteiger partial charge in [0.1, 0.15) is 17.1 Å². The van der Waals surface area contributed by atoms with Crippen LogP contribution in [0.1, 0.15) is 36.7 Å². The Labute approximate surface area is 179 Å². The molecule has 0 radical (unpaired) electrons. The number of benzene rings is 2. The van der Waals surface area contributed by atoms with Crippen LogP contribution in [-0.4, -0.2) is 13.0 Å². The highest BCUT2D eigenvalue weighted by Gasteiger charge is 2.20. The van der Waals surface area contributed by atoms with Gasteiger partial charge in [0.15, 0.2) is 0 Å². The van der Waals surface area contributed by atoms with Crippen LogP contribution < -0.4 is 10.1 Å². The quantitative estimate of drug-likeness (QED) is 0.471. The maximum absolute atomic E-state index is 12.5. The number of ether oxygens (including phenoxy) is 1. The first-order chi connectivity index (χ1) is 13.9. The fraction of sp³-hybridized carbons (Fsp3) is 0.261. The first-order valence-corrected chi connectivity index (χ1v) is 10.3. The third-order valence-corrected chi connectivity index (χ3v) is 5.62. The van der Waals surface area contributed by atoms with Crippen LogP contribution in [0.4, 0.5) is 5.69 Å². The van der Waals surface area contributed by atoms with E-state index in [9.17, 15) is 4.79 Å². The van der Waals surface area contributed by atoms with Crippen molar-refractivity contribution in [1.29, 1.82) is 0 Å². The van der Waals surface area contributed by atoms with E-state index in [4.69, 9.17) is 32.4 Å². The lowest BCUT2D eigenvalue weighted by molar-refractivity contribution is -0.111. The highest BCUT2D eigenvalue weighted by atomic mass is 35.5. The minimum absolute atomic E-state index is 0.266. The molecule has 1 aliphatic carbocycles. The van der Waals surface area contributed by atoms with E-state index in [1.165, 1.54) is 12.0 Å². The fourth-order valence-electron chi connectivity index (χ4n) is 3.85. The number of allylic oxidation sites excluding steroid dienone is 1. The Morgan fingerprint density at radius 1 is 1.10 bits per heavy atom. The second-order valence-electron chi connectivity index (χ2n) is 7.23. The number of furan rings is 1. The molecule has 29 heavy (non-hydrogen) atoms. The van der Waals surface area contributed by atoms with Crippen molar-refractivity contribution < 1.29 is 13.9 Å². The van der Waals surface area contributed by atoms with Gasteiger partial charge < -0.3 is 14.5 Å². The average molecular weight is 430 g/mol. The van der Waals surface area contributed by atoms with Crippen molar-refractivity contribution in [2.24, 2.45) is 0 Å². The zero-order chi connectivity index (χ0) is 20.5. The fourth-order valence-corrected chi connectivity index (χ4v) is 4.37. The zero-order valence-electron chi connectivity index (χ0n) is 16.3. The number of nitrogens with one attached hydrogen (secondary N) is 1. The summed E-state index contributed by atoms with van der Waals surface area (Å²) in [5.41, 5.74) is 4.32. The Morgan fingerprint density at radius 2 is 1.83 bits per heavy atom. The molecule has 1 aromatic heterocycles. The molecule has 3 aromatic rings. The van der Waals surface area contributed by atoms with E-state index in [0.29, 0.717) is 21.5 Å². The first kappa shape index (κ1) is 19.9. The average Bonchev–Trinajstić information content (AvgIpc) is 3.03. The minimum Gasteiger partial charge on any atom is -0.496 e. The molecule has 1 heterocycles. The van der Waals surface area contributed by atoms with Gasteiger partial charge in [-0.2, -0.15) is 0 Å². The monoisotopic (exact) mass is 429 g/mol. The number of carbonyl (C=O) groups is 1. The van der Waals surface area contributed by atoms with E-state index in [1.54, 1.807) is 31.4 Å². The minimum atomic E-state index is -0.266. The summed E-state index contributed by atoms with van der Waals surface area (Å²) in [5.74, 6) is 1.48. The molecule has 0 fully saturated rings. The van der Waals surface area contributed by atoms with Crippen LogP contribution in [0.5, 0.6) is 5.75 Å². The van der Waals surface area contributed by atoms with Gasteiger partial charge in [0.05, 0.1) is 7.11 Å². The van der Waals surface area contributed by atoms with Gasteiger partial charge in [-0.1, -0.05) is 23.2 Å². The van der Waals surface area contributed by atoms with Gasteiger partial charge in [-0.3, -0.25) is 4.79 Å². The maximum Gasteiger partial charge on any atom is 0.248 e. The van der Waals surface area contributed by atoms with Crippen LogP contribution in [0.2, 0.25) is 10.0 Å². The van der Waals surface area contributed by atoms with Gasteiger partial charge in [0.2, 0.25) is 5.91 Å². The lowest BCUT2D eigenvalue weighted by atomic mass is 9.94. The van der Waals surface area contributed by atoms with E-state index in [1.807, 2.05) is 13.0 Å². The molecule has 0 saturated heterocycles. The summed E-state index contributed by atoms with van der Waals surface area (Å²) in [6.45, 7) is 1.89. The molecule has 0 atom stereocenters. The highest BCUT2D eigenvalue weighted by Crippen LogP contribution is 2.38. The molecule has 0 saturated carbocycles. The number of carbonyl (C=O) groups excluding carboxylic acids is 1. The van der Waals surface area contributed by atoms with E-state index in [-0.39, 0.29) is 5.91 Å². The third-order valence-electron chi connectivity index (χ3n) is 5.18. The Morgan fingerprint density at radius 3 is 2.55 bits per heavy atom. The van der Waals surface area contributed by atoms with E-state index in [0.717, 1.165) is 47.1 Å². The molecule has 6 heteroatoms. The third kappa shape index (κ3) is 4.14. The summed E-state index contributed by atoms with van der Waals surface area (Å²) in [5, 5.41) is 4.83. The number of hydrogen-bond donors (Lipinski definition) is 1. The highest BCUT2D eigenvalue weighted by molar-refractivity contribution is 6.35. The Balaban J connectivity index is 1.67. The smallest absolute Gasteiger partial charge is 0.248 e. The number of fused-ring (bicyclic) bond motifs is 3. The molecule has 0 spiro atoms. The molecule has 4 nitrogen and oxygen atoms in total. The lowest BCUT2D eigenvalue weighted by Crippen LogP contribution is -2.08. The first-order valence-electron chi connectivity index (χ1n) is 9.52. The van der Waals surface area contributed by atoms with Gasteiger partial charge in [-0.25, -0.2) is 0 Å². The van der Waals surface area contributed by atoms with E-state index >= 15 is 0 Å². The van der Waals surface area contributed by atoms with E-state index < -0.39 is 0 Å². The number of halogens is 2. The molecule has 0 unspecified atom stereocenters. The molecule has 150 valence electrons. The van der Waals surface area contributed by atoms with Crippen molar-refractivity contribution in [3.63, 3.8) is 0 Å². The number of anilines is 1. The number of methoxy groups -OCH3 is 1. The zero-order valence-corrected chi connectivity index (χ0v) is 17.8. The molecular weight excluding hydrogens is 409 g/mol. The van der Waals surface area contributed by atoms with Gasteiger partial charge in [0, 0.05) is 50.8 Å². The van der Waals surface area contributed by atoms with Crippen molar-refractivity contribution in [3.8, 4) is 5.75 Å². The number of hydrogen-bond acceptors (Lipinski definition) is 3. The topological polar surface area (TPSA) is 51.5 Å². The Hall–Kier alpha value is -2.43. The molecule has 1 aliphatic rings. The number of rotatable bonds is 4.